The molecule has 2 rings (SSSR count). The van der Waals surface area contributed by atoms with E-state index in [4.69, 9.17) is 12.2 Å². The number of thiocarbonyl (C=S) groups is 1. The average Bonchev–Trinajstić information content (AvgIpc) is 2.47. The molecule has 116 valence electrons. The van der Waals surface area contributed by atoms with Crippen molar-refractivity contribution in [1.29, 1.82) is 0 Å². The van der Waals surface area contributed by atoms with E-state index in [2.05, 4.69) is 32.0 Å². The van der Waals surface area contributed by atoms with Gasteiger partial charge in [-0.25, -0.2) is 0 Å². The molecule has 1 aliphatic rings. The second-order valence-corrected chi connectivity index (χ2v) is 6.18. The molecule has 0 radical (unpaired) electrons. The van der Waals surface area contributed by atoms with E-state index in [1.807, 2.05) is 38.5 Å². The third kappa shape index (κ3) is 4.71. The summed E-state index contributed by atoms with van der Waals surface area (Å²) in [6.07, 6.45) is 1.81. The number of rotatable bonds is 5. The lowest BCUT2D eigenvalue weighted by molar-refractivity contribution is 0.151. The van der Waals surface area contributed by atoms with Crippen LogP contribution in [0.15, 0.2) is 24.4 Å². The van der Waals surface area contributed by atoms with E-state index in [-0.39, 0.29) is 6.04 Å². The molecule has 0 aliphatic carbocycles. The minimum atomic E-state index is 0.0219. The van der Waals surface area contributed by atoms with Gasteiger partial charge in [0.1, 0.15) is 6.04 Å². The normalized spacial score (nSPS) is 18.7. The van der Waals surface area contributed by atoms with Crippen LogP contribution in [0, 0.1) is 0 Å². The number of hydrogen-bond donors (Lipinski definition) is 1. The van der Waals surface area contributed by atoms with Gasteiger partial charge in [0.25, 0.3) is 0 Å². The number of likely N-dealkylation sites (N-methyl/N-ethyl adjacent to an activating group) is 2. The van der Waals surface area contributed by atoms with Crippen LogP contribution in [0.1, 0.15) is 11.7 Å². The molecule has 0 amide bonds. The van der Waals surface area contributed by atoms with Gasteiger partial charge >= 0.3 is 0 Å². The van der Waals surface area contributed by atoms with Crippen molar-refractivity contribution < 1.29 is 0 Å². The standard InChI is InChI=1S/C15H25N5S/c1-18(2)14(13-6-4-5-7-16-13)15(21)17-12-20-10-8-19(3)9-11-20/h4-7,14H,8-12H2,1-3H3,(H,17,21). The lowest BCUT2D eigenvalue weighted by atomic mass is 10.1. The number of nitrogens with zero attached hydrogens (tertiary/aromatic N) is 4. The van der Waals surface area contributed by atoms with Crippen LogP contribution in [-0.4, -0.2) is 78.7 Å². The van der Waals surface area contributed by atoms with Crippen LogP contribution in [0.25, 0.3) is 0 Å². The first-order valence-electron chi connectivity index (χ1n) is 7.34. The lowest BCUT2D eigenvalue weighted by Gasteiger charge is -2.33. The highest BCUT2D eigenvalue weighted by molar-refractivity contribution is 7.80. The number of piperazine rings is 1. The van der Waals surface area contributed by atoms with Crippen molar-refractivity contribution in [3.8, 4) is 0 Å². The fourth-order valence-corrected chi connectivity index (χ4v) is 2.86. The Morgan fingerprint density at radius 1 is 1.33 bits per heavy atom. The Morgan fingerprint density at radius 3 is 2.62 bits per heavy atom. The molecule has 0 bridgehead atoms. The number of aromatic nitrogens is 1. The summed E-state index contributed by atoms with van der Waals surface area (Å²) in [6.45, 7) is 5.21. The van der Waals surface area contributed by atoms with Crippen LogP contribution >= 0.6 is 12.2 Å². The molecule has 1 atom stereocenters. The SMILES string of the molecule is CN1CCN(CNC(=S)C(c2ccccn2)N(C)C)CC1. The summed E-state index contributed by atoms with van der Waals surface area (Å²) in [7, 11) is 6.23. The van der Waals surface area contributed by atoms with Crippen molar-refractivity contribution in [1.82, 2.24) is 25.0 Å². The van der Waals surface area contributed by atoms with Crippen LogP contribution in [0.3, 0.4) is 0 Å². The third-order valence-electron chi connectivity index (χ3n) is 3.81. The van der Waals surface area contributed by atoms with Crippen molar-refractivity contribution in [3.63, 3.8) is 0 Å². The predicted molar refractivity (Wildman–Crippen MR) is 90.3 cm³/mol. The third-order valence-corrected chi connectivity index (χ3v) is 4.17. The monoisotopic (exact) mass is 307 g/mol. The molecule has 1 aliphatic heterocycles. The maximum atomic E-state index is 5.60. The van der Waals surface area contributed by atoms with Gasteiger partial charge in [0.05, 0.1) is 17.4 Å². The van der Waals surface area contributed by atoms with E-state index in [1.54, 1.807) is 0 Å². The van der Waals surface area contributed by atoms with Crippen LogP contribution in [-0.2, 0) is 0 Å². The molecule has 2 heterocycles. The van der Waals surface area contributed by atoms with Gasteiger partial charge in [-0.3, -0.25) is 14.8 Å². The molecule has 1 fully saturated rings. The van der Waals surface area contributed by atoms with E-state index in [9.17, 15) is 0 Å². The molecule has 1 N–H and O–H groups in total. The van der Waals surface area contributed by atoms with Crippen LogP contribution in [0.2, 0.25) is 0 Å². The van der Waals surface area contributed by atoms with Gasteiger partial charge in [0.15, 0.2) is 0 Å². The largest absolute Gasteiger partial charge is 0.365 e. The zero-order valence-electron chi connectivity index (χ0n) is 13.1. The zero-order chi connectivity index (χ0) is 15.2. The molecule has 1 aromatic heterocycles. The Kier molecular flexibility index (Phi) is 6.05. The highest BCUT2D eigenvalue weighted by Crippen LogP contribution is 2.16. The maximum Gasteiger partial charge on any atom is 0.103 e. The fourth-order valence-electron chi connectivity index (χ4n) is 2.46. The minimum absolute atomic E-state index is 0.0219. The number of hydrogen-bond acceptors (Lipinski definition) is 5. The number of pyridine rings is 1. The Balaban J connectivity index is 1.91. The highest BCUT2D eigenvalue weighted by atomic mass is 32.1. The maximum absolute atomic E-state index is 5.60. The highest BCUT2D eigenvalue weighted by Gasteiger charge is 2.21. The summed E-state index contributed by atoms with van der Waals surface area (Å²) in [5.74, 6) is 0. The Hall–Kier alpha value is -1.08. The number of nitrogens with one attached hydrogen (secondary N) is 1. The Labute approximate surface area is 132 Å². The smallest absolute Gasteiger partial charge is 0.103 e. The van der Waals surface area contributed by atoms with Crippen LogP contribution < -0.4 is 5.32 Å². The van der Waals surface area contributed by atoms with Gasteiger partial charge in [-0.1, -0.05) is 18.3 Å². The first-order chi connectivity index (χ1) is 10.1. The Morgan fingerprint density at radius 2 is 2.05 bits per heavy atom. The van der Waals surface area contributed by atoms with E-state index in [0.717, 1.165) is 43.5 Å². The first-order valence-corrected chi connectivity index (χ1v) is 7.74. The summed E-state index contributed by atoms with van der Waals surface area (Å²) in [6, 6.07) is 5.97. The average molecular weight is 307 g/mol. The molecule has 0 saturated carbocycles. The van der Waals surface area contributed by atoms with E-state index >= 15 is 0 Å². The van der Waals surface area contributed by atoms with Crippen molar-refractivity contribution in [2.24, 2.45) is 0 Å². The van der Waals surface area contributed by atoms with Gasteiger partial charge in [-0.05, 0) is 33.3 Å². The van der Waals surface area contributed by atoms with Gasteiger partial charge in [0, 0.05) is 32.4 Å². The van der Waals surface area contributed by atoms with E-state index in [0.29, 0.717) is 0 Å². The van der Waals surface area contributed by atoms with Crippen LogP contribution in [0.5, 0.6) is 0 Å². The zero-order valence-corrected chi connectivity index (χ0v) is 13.9. The van der Waals surface area contributed by atoms with E-state index in [1.165, 1.54) is 0 Å². The fraction of sp³-hybridized carbons (Fsp3) is 0.600. The molecular formula is C15H25N5S. The summed E-state index contributed by atoms with van der Waals surface area (Å²) >= 11 is 5.60. The minimum Gasteiger partial charge on any atom is -0.365 e. The topological polar surface area (TPSA) is 34.6 Å². The van der Waals surface area contributed by atoms with Gasteiger partial charge < -0.3 is 10.2 Å². The molecule has 5 nitrogen and oxygen atoms in total. The van der Waals surface area contributed by atoms with Crippen LogP contribution in [0.4, 0.5) is 0 Å². The molecule has 6 heteroatoms. The predicted octanol–water partition coefficient (Wildman–Crippen LogP) is 0.806. The quantitative estimate of drug-likeness (QED) is 0.811. The Bertz CT molecular complexity index is 443. The molecule has 0 spiro atoms. The van der Waals surface area contributed by atoms with Gasteiger partial charge in [0.2, 0.25) is 0 Å². The molecule has 21 heavy (non-hydrogen) atoms. The second kappa shape index (κ2) is 7.79. The van der Waals surface area contributed by atoms with Gasteiger partial charge in [-0.2, -0.15) is 0 Å². The summed E-state index contributed by atoms with van der Waals surface area (Å²) in [5, 5.41) is 3.40. The van der Waals surface area contributed by atoms with Crippen molar-refractivity contribution in [2.45, 2.75) is 6.04 Å². The molecular weight excluding hydrogens is 282 g/mol. The molecule has 0 aromatic carbocycles. The summed E-state index contributed by atoms with van der Waals surface area (Å²) in [5.41, 5.74) is 0.985. The lowest BCUT2D eigenvalue weighted by Crippen LogP contribution is -2.49. The van der Waals surface area contributed by atoms with Crippen molar-refractivity contribution in [2.75, 3.05) is 54.0 Å². The first kappa shape index (κ1) is 16.3. The summed E-state index contributed by atoms with van der Waals surface area (Å²) < 4.78 is 0. The molecule has 1 unspecified atom stereocenters. The molecule has 1 aromatic rings. The van der Waals surface area contributed by atoms with Crippen molar-refractivity contribution >= 4 is 17.2 Å². The van der Waals surface area contributed by atoms with Crippen molar-refractivity contribution in [3.05, 3.63) is 30.1 Å². The molecule has 1 saturated heterocycles. The second-order valence-electron chi connectivity index (χ2n) is 5.74. The van der Waals surface area contributed by atoms with Gasteiger partial charge in [-0.15, -0.1) is 0 Å². The summed E-state index contributed by atoms with van der Waals surface area (Å²) in [4.78, 5) is 12.1. The van der Waals surface area contributed by atoms with E-state index < -0.39 is 0 Å².